The number of nitrogens with zero attached hydrogens (tertiary/aromatic N) is 1. The molecule has 3 rings (SSSR count). The lowest BCUT2D eigenvalue weighted by Gasteiger charge is -2.15. The molecule has 5 nitrogen and oxygen atoms in total. The minimum Gasteiger partial charge on any atom is -0.357 e. The van der Waals surface area contributed by atoms with Crippen LogP contribution in [0.4, 0.5) is 0 Å². The number of aliphatic imine (C=N–C) groups is 1. The van der Waals surface area contributed by atoms with E-state index in [4.69, 9.17) is 4.99 Å². The van der Waals surface area contributed by atoms with Gasteiger partial charge >= 0.3 is 0 Å². The van der Waals surface area contributed by atoms with E-state index >= 15 is 0 Å². The summed E-state index contributed by atoms with van der Waals surface area (Å²) in [4.78, 5) is 17.7. The van der Waals surface area contributed by atoms with Crippen molar-refractivity contribution in [1.82, 2.24) is 16.0 Å². The fourth-order valence-corrected chi connectivity index (χ4v) is 3.82. The number of amides is 1. The Kier molecular flexibility index (Phi) is 6.24. The van der Waals surface area contributed by atoms with E-state index in [0.717, 1.165) is 31.9 Å². The number of benzene rings is 1. The standard InChI is InChI=1S/C19H28N4OS/c1-2-20-18(22-13-12-21-17(24)15-8-9-15)23-14-19(10-11-19)25-16-6-4-3-5-7-16/h3-7,15H,2,8-14H2,1H3,(H,21,24)(H2,20,22,23). The Bertz CT molecular complexity index is 597. The van der Waals surface area contributed by atoms with E-state index < -0.39 is 0 Å². The molecule has 0 aromatic heterocycles. The highest BCUT2D eigenvalue weighted by atomic mass is 32.2. The second-order valence-electron chi connectivity index (χ2n) is 6.79. The summed E-state index contributed by atoms with van der Waals surface area (Å²) in [5, 5.41) is 9.57. The Morgan fingerprint density at radius 2 is 1.88 bits per heavy atom. The van der Waals surface area contributed by atoms with Crippen LogP contribution in [0.3, 0.4) is 0 Å². The molecule has 2 fully saturated rings. The van der Waals surface area contributed by atoms with Gasteiger partial charge in [0.2, 0.25) is 5.91 Å². The zero-order valence-electron chi connectivity index (χ0n) is 14.9. The third-order valence-corrected chi connectivity index (χ3v) is 5.90. The van der Waals surface area contributed by atoms with Crippen LogP contribution in [0.15, 0.2) is 40.2 Å². The second kappa shape index (κ2) is 8.61. The molecule has 1 amide bonds. The van der Waals surface area contributed by atoms with E-state index in [-0.39, 0.29) is 16.6 Å². The summed E-state index contributed by atoms with van der Waals surface area (Å²) in [6.07, 6.45) is 4.52. The fourth-order valence-electron chi connectivity index (χ4n) is 2.59. The summed E-state index contributed by atoms with van der Waals surface area (Å²) < 4.78 is 0.254. The Hall–Kier alpha value is -1.69. The molecule has 0 radical (unpaired) electrons. The minimum absolute atomic E-state index is 0.194. The SMILES string of the molecule is CCNC(=NCC1(Sc2ccccc2)CC1)NCCNC(=O)C1CC1. The van der Waals surface area contributed by atoms with Crippen LogP contribution in [0.5, 0.6) is 0 Å². The van der Waals surface area contributed by atoms with Crippen molar-refractivity contribution in [3.05, 3.63) is 30.3 Å². The molecule has 0 bridgehead atoms. The van der Waals surface area contributed by atoms with Crippen molar-refractivity contribution in [2.45, 2.75) is 42.2 Å². The molecule has 2 aliphatic carbocycles. The summed E-state index contributed by atoms with van der Waals surface area (Å²) in [6, 6.07) is 10.6. The van der Waals surface area contributed by atoms with Crippen molar-refractivity contribution in [3.8, 4) is 0 Å². The summed E-state index contributed by atoms with van der Waals surface area (Å²) in [5.74, 6) is 1.30. The molecule has 1 aromatic rings. The molecule has 0 heterocycles. The maximum atomic E-state index is 11.6. The third kappa shape index (κ3) is 5.96. The molecule has 2 aliphatic rings. The van der Waals surface area contributed by atoms with Gasteiger partial charge in [-0.1, -0.05) is 18.2 Å². The molecule has 2 saturated carbocycles. The monoisotopic (exact) mass is 360 g/mol. The van der Waals surface area contributed by atoms with Gasteiger partial charge in [0.25, 0.3) is 0 Å². The summed E-state index contributed by atoms with van der Waals surface area (Å²) >= 11 is 1.94. The van der Waals surface area contributed by atoms with Gasteiger partial charge in [0.05, 0.1) is 6.54 Å². The smallest absolute Gasteiger partial charge is 0.223 e. The number of hydrogen-bond donors (Lipinski definition) is 3. The normalized spacial score (nSPS) is 18.5. The van der Waals surface area contributed by atoms with Crippen molar-refractivity contribution < 1.29 is 4.79 Å². The number of hydrogen-bond acceptors (Lipinski definition) is 3. The van der Waals surface area contributed by atoms with Crippen LogP contribution >= 0.6 is 11.8 Å². The van der Waals surface area contributed by atoms with E-state index in [1.54, 1.807) is 0 Å². The van der Waals surface area contributed by atoms with Crippen LogP contribution in [0.2, 0.25) is 0 Å². The van der Waals surface area contributed by atoms with Crippen molar-refractivity contribution in [3.63, 3.8) is 0 Å². The zero-order valence-corrected chi connectivity index (χ0v) is 15.7. The number of nitrogens with one attached hydrogen (secondary N) is 3. The first kappa shape index (κ1) is 18.1. The lowest BCUT2D eigenvalue weighted by molar-refractivity contribution is -0.122. The molecule has 0 unspecified atom stereocenters. The van der Waals surface area contributed by atoms with E-state index in [0.29, 0.717) is 13.1 Å². The van der Waals surface area contributed by atoms with Crippen molar-refractivity contribution in [2.24, 2.45) is 10.9 Å². The van der Waals surface area contributed by atoms with E-state index in [1.807, 2.05) is 11.8 Å². The van der Waals surface area contributed by atoms with Crippen LogP contribution in [-0.2, 0) is 4.79 Å². The molecule has 0 saturated heterocycles. The molecule has 3 N–H and O–H groups in total. The lowest BCUT2D eigenvalue weighted by atomic mass is 10.4. The highest BCUT2D eigenvalue weighted by molar-refractivity contribution is 8.01. The van der Waals surface area contributed by atoms with Crippen molar-refractivity contribution in [1.29, 1.82) is 0 Å². The number of rotatable bonds is 9. The largest absolute Gasteiger partial charge is 0.357 e. The molecule has 0 spiro atoms. The van der Waals surface area contributed by atoms with Crippen LogP contribution in [0, 0.1) is 5.92 Å². The molecule has 0 atom stereocenters. The second-order valence-corrected chi connectivity index (χ2v) is 8.33. The van der Waals surface area contributed by atoms with Crippen LogP contribution in [0.1, 0.15) is 32.6 Å². The lowest BCUT2D eigenvalue weighted by Crippen LogP contribution is -2.42. The van der Waals surface area contributed by atoms with Crippen LogP contribution < -0.4 is 16.0 Å². The summed E-state index contributed by atoms with van der Waals surface area (Å²) in [5.41, 5.74) is 0. The first-order valence-electron chi connectivity index (χ1n) is 9.25. The summed E-state index contributed by atoms with van der Waals surface area (Å²) in [7, 11) is 0. The molecular weight excluding hydrogens is 332 g/mol. The zero-order chi connectivity index (χ0) is 17.5. The van der Waals surface area contributed by atoms with E-state index in [2.05, 4.69) is 53.2 Å². The van der Waals surface area contributed by atoms with Gasteiger partial charge in [0.1, 0.15) is 0 Å². The quantitative estimate of drug-likeness (QED) is 0.359. The number of carbonyl (C=O) groups is 1. The maximum Gasteiger partial charge on any atom is 0.223 e. The minimum atomic E-state index is 0.194. The van der Waals surface area contributed by atoms with E-state index in [1.165, 1.54) is 17.7 Å². The molecule has 6 heteroatoms. The highest BCUT2D eigenvalue weighted by Gasteiger charge is 2.43. The van der Waals surface area contributed by atoms with Gasteiger partial charge < -0.3 is 16.0 Å². The molecule has 1 aromatic carbocycles. The van der Waals surface area contributed by atoms with Gasteiger partial charge in [0.15, 0.2) is 5.96 Å². The number of carbonyl (C=O) groups excluding carboxylic acids is 1. The molecular formula is C19H28N4OS. The Balaban J connectivity index is 1.43. The van der Waals surface area contributed by atoms with Crippen molar-refractivity contribution >= 4 is 23.6 Å². The first-order chi connectivity index (χ1) is 12.2. The highest BCUT2D eigenvalue weighted by Crippen LogP contribution is 2.51. The van der Waals surface area contributed by atoms with Crippen molar-refractivity contribution in [2.75, 3.05) is 26.2 Å². The predicted molar refractivity (Wildman–Crippen MR) is 104 cm³/mol. The Morgan fingerprint density at radius 1 is 1.16 bits per heavy atom. The number of thioether (sulfide) groups is 1. The van der Waals surface area contributed by atoms with Gasteiger partial charge in [-0.15, -0.1) is 11.8 Å². The first-order valence-corrected chi connectivity index (χ1v) is 10.1. The van der Waals surface area contributed by atoms with E-state index in [9.17, 15) is 4.79 Å². The topological polar surface area (TPSA) is 65.5 Å². The third-order valence-electron chi connectivity index (χ3n) is 4.42. The van der Waals surface area contributed by atoms with Gasteiger partial charge in [-0.05, 0) is 44.7 Å². The van der Waals surface area contributed by atoms with Gasteiger partial charge in [-0.2, -0.15) is 0 Å². The average molecular weight is 361 g/mol. The Labute approximate surface area is 154 Å². The molecule has 25 heavy (non-hydrogen) atoms. The van der Waals surface area contributed by atoms with Crippen LogP contribution in [-0.4, -0.2) is 42.8 Å². The fraction of sp³-hybridized carbons (Fsp3) is 0.579. The molecule has 0 aliphatic heterocycles. The summed E-state index contributed by atoms with van der Waals surface area (Å²) in [6.45, 7) is 5.06. The predicted octanol–water partition coefficient (Wildman–Crippen LogP) is 2.39. The molecule has 136 valence electrons. The number of guanidine groups is 1. The van der Waals surface area contributed by atoms with Gasteiger partial charge in [0, 0.05) is 35.2 Å². The van der Waals surface area contributed by atoms with Gasteiger partial charge in [-0.3, -0.25) is 9.79 Å². The average Bonchev–Trinajstić information content (AvgIpc) is 3.52. The maximum absolute atomic E-state index is 11.6. The Morgan fingerprint density at radius 3 is 2.52 bits per heavy atom. The van der Waals surface area contributed by atoms with Gasteiger partial charge in [-0.25, -0.2) is 0 Å². The van der Waals surface area contributed by atoms with Crippen LogP contribution in [0.25, 0.3) is 0 Å².